The van der Waals surface area contributed by atoms with E-state index in [1.807, 2.05) is 6.07 Å². The Morgan fingerprint density at radius 3 is 2.77 bits per heavy atom. The van der Waals surface area contributed by atoms with E-state index in [4.69, 9.17) is 27.9 Å². The molecular weight excluding hydrogens is 453 g/mol. The molecule has 5 nitrogen and oxygen atoms in total. The monoisotopic (exact) mass is 477 g/mol. The van der Waals surface area contributed by atoms with Crippen LogP contribution < -0.4 is 10.1 Å². The number of fused-ring (bicyclic) bond motifs is 1. The summed E-state index contributed by atoms with van der Waals surface area (Å²) in [5, 5.41) is 4.28. The molecule has 0 radical (unpaired) electrons. The van der Waals surface area contributed by atoms with E-state index in [0.29, 0.717) is 20.9 Å². The van der Waals surface area contributed by atoms with Gasteiger partial charge in [0.2, 0.25) is 0 Å². The Morgan fingerprint density at radius 1 is 1.26 bits per heavy atom. The fraction of sp³-hybridized carbons (Fsp3) is 0.391. The van der Waals surface area contributed by atoms with Crippen molar-refractivity contribution in [1.29, 1.82) is 0 Å². The van der Waals surface area contributed by atoms with Crippen molar-refractivity contribution in [1.82, 2.24) is 9.88 Å². The molecule has 8 heteroatoms. The van der Waals surface area contributed by atoms with Gasteiger partial charge in [-0.1, -0.05) is 47.5 Å². The smallest absolute Gasteiger partial charge is 0.266 e. The molecule has 1 N–H and O–H groups in total. The predicted octanol–water partition coefficient (Wildman–Crippen LogP) is 6.24. The fourth-order valence-electron chi connectivity index (χ4n) is 3.62. The van der Waals surface area contributed by atoms with Crippen molar-refractivity contribution in [3.63, 3.8) is 0 Å². The van der Waals surface area contributed by atoms with Gasteiger partial charge in [0, 0.05) is 11.6 Å². The number of ether oxygens (including phenoxy) is 1. The first-order valence-electron chi connectivity index (χ1n) is 10.4. The van der Waals surface area contributed by atoms with Crippen molar-refractivity contribution in [2.75, 3.05) is 18.4 Å². The molecule has 0 bridgehead atoms. The van der Waals surface area contributed by atoms with E-state index in [2.05, 4.69) is 34.3 Å². The molecule has 4 rings (SSSR count). The number of thiazole rings is 1. The van der Waals surface area contributed by atoms with Gasteiger partial charge in [0.1, 0.15) is 5.75 Å². The molecule has 1 aromatic heterocycles. The molecule has 1 saturated heterocycles. The summed E-state index contributed by atoms with van der Waals surface area (Å²) in [6, 6.07) is 11.2. The molecule has 0 saturated carbocycles. The topological polar surface area (TPSA) is 54.5 Å². The molecule has 1 aliphatic rings. The van der Waals surface area contributed by atoms with Gasteiger partial charge in [0.15, 0.2) is 11.2 Å². The van der Waals surface area contributed by atoms with Crippen molar-refractivity contribution < 1.29 is 9.53 Å². The summed E-state index contributed by atoms with van der Waals surface area (Å²) in [5.74, 6) is 0.955. The highest BCUT2D eigenvalue weighted by Gasteiger charge is 2.19. The highest BCUT2D eigenvalue weighted by Crippen LogP contribution is 2.30. The van der Waals surface area contributed by atoms with Gasteiger partial charge in [0.05, 0.1) is 15.2 Å². The third-order valence-corrected chi connectivity index (χ3v) is 7.00. The average molecular weight is 478 g/mol. The van der Waals surface area contributed by atoms with Crippen LogP contribution in [-0.4, -0.2) is 35.0 Å². The minimum Gasteiger partial charge on any atom is -0.479 e. The largest absolute Gasteiger partial charge is 0.479 e. The van der Waals surface area contributed by atoms with E-state index >= 15 is 0 Å². The lowest BCUT2D eigenvalue weighted by Crippen LogP contribution is -2.32. The number of rotatable bonds is 6. The van der Waals surface area contributed by atoms with E-state index < -0.39 is 6.10 Å². The van der Waals surface area contributed by atoms with E-state index in [1.165, 1.54) is 29.7 Å². The first-order valence-corrected chi connectivity index (χ1v) is 12.0. The van der Waals surface area contributed by atoms with E-state index in [1.54, 1.807) is 25.1 Å². The quantitative estimate of drug-likeness (QED) is 0.456. The summed E-state index contributed by atoms with van der Waals surface area (Å²) in [7, 11) is 0. The molecule has 0 spiro atoms. The summed E-state index contributed by atoms with van der Waals surface area (Å²) in [5.41, 5.74) is 2.16. The lowest BCUT2D eigenvalue weighted by atomic mass is 9.99. The molecule has 31 heavy (non-hydrogen) atoms. The number of carbonyl (C=O) groups is 1. The summed E-state index contributed by atoms with van der Waals surface area (Å²) in [6.07, 6.45) is 1.80. The fourth-order valence-corrected chi connectivity index (χ4v) is 5.01. The lowest BCUT2D eigenvalue weighted by molar-refractivity contribution is -0.122. The molecular formula is C23H25Cl2N3O2S. The molecule has 1 aliphatic heterocycles. The van der Waals surface area contributed by atoms with Crippen molar-refractivity contribution in [2.45, 2.75) is 39.3 Å². The lowest BCUT2D eigenvalue weighted by Gasteiger charge is -2.30. The second kappa shape index (κ2) is 9.74. The van der Waals surface area contributed by atoms with Crippen molar-refractivity contribution in [3.8, 4) is 5.75 Å². The number of hydrogen-bond donors (Lipinski definition) is 1. The third-order valence-electron chi connectivity index (χ3n) is 5.53. The van der Waals surface area contributed by atoms with Crippen LogP contribution in [0.4, 0.5) is 5.13 Å². The second-order valence-electron chi connectivity index (χ2n) is 8.10. The Hall–Kier alpha value is -1.86. The maximum atomic E-state index is 12.6. The number of piperidine rings is 1. The van der Waals surface area contributed by atoms with Crippen LogP contribution in [0.2, 0.25) is 10.0 Å². The molecule has 3 aromatic rings. The molecule has 1 amide bonds. The summed E-state index contributed by atoms with van der Waals surface area (Å²) in [6.45, 7) is 7.25. The van der Waals surface area contributed by atoms with Gasteiger partial charge in [-0.05, 0) is 74.7 Å². The maximum Gasteiger partial charge on any atom is 0.266 e. The van der Waals surface area contributed by atoms with Crippen LogP contribution >= 0.6 is 34.5 Å². The van der Waals surface area contributed by atoms with E-state index in [9.17, 15) is 4.79 Å². The van der Waals surface area contributed by atoms with Gasteiger partial charge >= 0.3 is 0 Å². The number of carbonyl (C=O) groups excluding carboxylic acids is 1. The zero-order chi connectivity index (χ0) is 22.0. The molecule has 2 heterocycles. The van der Waals surface area contributed by atoms with Crippen molar-refractivity contribution in [3.05, 3.63) is 52.0 Å². The van der Waals surface area contributed by atoms with E-state index in [-0.39, 0.29) is 5.91 Å². The predicted molar refractivity (Wildman–Crippen MR) is 128 cm³/mol. The van der Waals surface area contributed by atoms with Gasteiger partial charge in [-0.25, -0.2) is 4.98 Å². The number of anilines is 1. The number of hydrogen-bond acceptors (Lipinski definition) is 5. The Morgan fingerprint density at radius 2 is 2.03 bits per heavy atom. The zero-order valence-corrected chi connectivity index (χ0v) is 19.9. The number of halogens is 2. The van der Waals surface area contributed by atoms with Crippen LogP contribution in [0.15, 0.2) is 36.4 Å². The number of aromatic nitrogens is 1. The third kappa shape index (κ3) is 5.69. The normalized spacial score (nSPS) is 16.4. The van der Waals surface area contributed by atoms with Gasteiger partial charge < -0.3 is 4.74 Å². The number of amides is 1. The minimum absolute atomic E-state index is 0.285. The molecule has 2 aromatic carbocycles. The van der Waals surface area contributed by atoms with Crippen LogP contribution in [-0.2, 0) is 11.3 Å². The second-order valence-corrected chi connectivity index (χ2v) is 9.98. The Kier molecular flexibility index (Phi) is 7.02. The minimum atomic E-state index is -0.734. The maximum absolute atomic E-state index is 12.6. The summed E-state index contributed by atoms with van der Waals surface area (Å²) >= 11 is 13.5. The Balaban J connectivity index is 1.39. The van der Waals surface area contributed by atoms with Gasteiger partial charge in [-0.2, -0.15) is 0 Å². The van der Waals surface area contributed by atoms with Gasteiger partial charge in [-0.15, -0.1) is 0 Å². The van der Waals surface area contributed by atoms with Crippen LogP contribution in [0.1, 0.15) is 32.3 Å². The van der Waals surface area contributed by atoms with Crippen molar-refractivity contribution in [2.24, 2.45) is 5.92 Å². The van der Waals surface area contributed by atoms with Gasteiger partial charge in [-0.3, -0.25) is 15.0 Å². The van der Waals surface area contributed by atoms with E-state index in [0.717, 1.165) is 35.8 Å². The number of nitrogens with zero attached hydrogens (tertiary/aromatic N) is 2. The summed E-state index contributed by atoms with van der Waals surface area (Å²) < 4.78 is 6.75. The average Bonchev–Trinajstić information content (AvgIpc) is 3.13. The van der Waals surface area contributed by atoms with Gasteiger partial charge in [0.25, 0.3) is 5.91 Å². The highest BCUT2D eigenvalue weighted by molar-refractivity contribution is 7.22. The van der Waals surface area contributed by atoms with Crippen LogP contribution in [0.3, 0.4) is 0 Å². The Labute approximate surface area is 196 Å². The standard InChI is InChI=1S/C23H25Cl2N3O2S/c1-14-7-9-28(10-8-14)13-16-3-5-19-21(11-16)31-23(26-19)27-22(29)15(2)30-20-6-4-17(24)12-18(20)25/h3-6,11-12,14-15H,7-10,13H2,1-2H3,(H,26,27,29). The molecule has 1 atom stereocenters. The first-order chi connectivity index (χ1) is 14.9. The molecule has 1 unspecified atom stereocenters. The van der Waals surface area contributed by atoms with Crippen LogP contribution in [0.25, 0.3) is 10.2 Å². The molecule has 1 fully saturated rings. The molecule has 164 valence electrons. The SMILES string of the molecule is CC1CCN(Cc2ccc3nc(NC(=O)C(C)Oc4ccc(Cl)cc4Cl)sc3c2)CC1. The summed E-state index contributed by atoms with van der Waals surface area (Å²) in [4.78, 5) is 19.6. The number of nitrogens with one attached hydrogen (secondary N) is 1. The Bertz CT molecular complexity index is 1080. The number of benzene rings is 2. The highest BCUT2D eigenvalue weighted by atomic mass is 35.5. The van der Waals surface area contributed by atoms with Crippen LogP contribution in [0, 0.1) is 5.92 Å². The first kappa shape index (κ1) is 22.3. The zero-order valence-electron chi connectivity index (χ0n) is 17.5. The van der Waals surface area contributed by atoms with Crippen LogP contribution in [0.5, 0.6) is 5.75 Å². The number of likely N-dealkylation sites (tertiary alicyclic amines) is 1. The molecule has 0 aliphatic carbocycles. The van der Waals surface area contributed by atoms with Crippen molar-refractivity contribution >= 4 is 55.8 Å².